The summed E-state index contributed by atoms with van der Waals surface area (Å²) in [6, 6.07) is 12.1. The maximum atomic E-state index is 12.9. The molecule has 31 heavy (non-hydrogen) atoms. The van der Waals surface area contributed by atoms with E-state index in [-0.39, 0.29) is 16.5 Å². The van der Waals surface area contributed by atoms with Crippen molar-refractivity contribution in [3.8, 4) is 17.4 Å². The number of nitrogens with zero attached hydrogens (tertiary/aromatic N) is 1. The lowest BCUT2D eigenvalue weighted by Gasteiger charge is -2.11. The van der Waals surface area contributed by atoms with Crippen molar-refractivity contribution in [1.29, 1.82) is 5.26 Å². The molecule has 158 valence electrons. The minimum atomic E-state index is -4.62. The van der Waals surface area contributed by atoms with Gasteiger partial charge in [0.25, 0.3) is 5.91 Å². The number of alkyl halides is 3. The van der Waals surface area contributed by atoms with Gasteiger partial charge in [-0.1, -0.05) is 34.8 Å². The second-order valence-electron chi connectivity index (χ2n) is 6.15. The Kier molecular flexibility index (Phi) is 6.65. The summed E-state index contributed by atoms with van der Waals surface area (Å²) in [7, 11) is 0. The van der Waals surface area contributed by atoms with E-state index in [1.54, 1.807) is 30.3 Å². The highest BCUT2D eigenvalue weighted by Gasteiger charge is 2.31. The number of carbonyl (C=O) groups excluding carboxylic acids is 1. The molecule has 0 fully saturated rings. The highest BCUT2D eigenvalue weighted by Crippen LogP contribution is 2.34. The summed E-state index contributed by atoms with van der Waals surface area (Å²) in [5.41, 5.74) is -1.05. The molecule has 2 aromatic carbocycles. The number of furan rings is 1. The van der Waals surface area contributed by atoms with Gasteiger partial charge in [-0.25, -0.2) is 0 Å². The van der Waals surface area contributed by atoms with Gasteiger partial charge in [0.1, 0.15) is 23.2 Å². The van der Waals surface area contributed by atoms with Crippen LogP contribution in [0.2, 0.25) is 15.1 Å². The van der Waals surface area contributed by atoms with Crippen LogP contribution in [0, 0.1) is 11.3 Å². The molecule has 3 aromatic rings. The Balaban J connectivity index is 1.84. The number of nitriles is 1. The lowest BCUT2D eigenvalue weighted by Crippen LogP contribution is -2.15. The van der Waals surface area contributed by atoms with E-state index >= 15 is 0 Å². The fourth-order valence-corrected chi connectivity index (χ4v) is 2.98. The fraction of sp³-hybridized carbons (Fsp3) is 0.0476. The Hall–Kier alpha value is -2.92. The first kappa shape index (κ1) is 22.8. The smallest absolute Gasteiger partial charge is 0.416 e. The lowest BCUT2D eigenvalue weighted by atomic mass is 10.1. The Morgan fingerprint density at radius 3 is 2.35 bits per heavy atom. The zero-order chi connectivity index (χ0) is 22.8. The average molecular weight is 486 g/mol. The van der Waals surface area contributed by atoms with Gasteiger partial charge < -0.3 is 9.73 Å². The highest BCUT2D eigenvalue weighted by molar-refractivity contribution is 6.42. The van der Waals surface area contributed by atoms with Crippen LogP contribution in [0.5, 0.6) is 0 Å². The molecular weight excluding hydrogens is 476 g/mol. The molecule has 0 unspecified atom stereocenters. The zero-order valence-electron chi connectivity index (χ0n) is 15.2. The van der Waals surface area contributed by atoms with Crippen molar-refractivity contribution in [2.24, 2.45) is 0 Å². The maximum Gasteiger partial charge on any atom is 0.416 e. The van der Waals surface area contributed by atoms with Crippen LogP contribution in [-0.2, 0) is 11.0 Å². The number of anilines is 1. The number of benzene rings is 2. The van der Waals surface area contributed by atoms with Crippen molar-refractivity contribution >= 4 is 52.5 Å². The van der Waals surface area contributed by atoms with Crippen molar-refractivity contribution < 1.29 is 22.4 Å². The molecule has 1 amide bonds. The Bertz CT molecular complexity index is 1230. The second kappa shape index (κ2) is 9.06. The summed E-state index contributed by atoms with van der Waals surface area (Å²) >= 11 is 17.7. The molecule has 0 aliphatic carbocycles. The maximum absolute atomic E-state index is 12.9. The molecule has 0 aliphatic heterocycles. The summed E-state index contributed by atoms with van der Waals surface area (Å²) in [4.78, 5) is 12.4. The van der Waals surface area contributed by atoms with Gasteiger partial charge in [0.2, 0.25) is 0 Å². The third kappa shape index (κ3) is 5.42. The minimum absolute atomic E-state index is 0.112. The molecule has 0 spiro atoms. The van der Waals surface area contributed by atoms with Crippen molar-refractivity contribution in [3.63, 3.8) is 0 Å². The molecule has 0 saturated carbocycles. The van der Waals surface area contributed by atoms with Gasteiger partial charge >= 0.3 is 6.18 Å². The number of halogens is 6. The summed E-state index contributed by atoms with van der Waals surface area (Å²) in [6.07, 6.45) is -3.47. The molecule has 4 nitrogen and oxygen atoms in total. The molecule has 0 radical (unpaired) electrons. The monoisotopic (exact) mass is 484 g/mol. The topological polar surface area (TPSA) is 66.0 Å². The van der Waals surface area contributed by atoms with Crippen LogP contribution in [0.25, 0.3) is 17.4 Å². The van der Waals surface area contributed by atoms with E-state index in [9.17, 15) is 23.2 Å². The van der Waals surface area contributed by atoms with Crippen LogP contribution in [0.1, 0.15) is 11.3 Å². The van der Waals surface area contributed by atoms with E-state index < -0.39 is 23.2 Å². The van der Waals surface area contributed by atoms with Gasteiger partial charge in [-0.3, -0.25) is 4.79 Å². The molecule has 0 aliphatic rings. The number of rotatable bonds is 4. The van der Waals surface area contributed by atoms with Crippen molar-refractivity contribution in [2.75, 3.05) is 5.32 Å². The van der Waals surface area contributed by atoms with Crippen LogP contribution in [-0.4, -0.2) is 5.91 Å². The van der Waals surface area contributed by atoms with Crippen LogP contribution in [0.4, 0.5) is 18.9 Å². The molecule has 1 N–H and O–H groups in total. The molecule has 1 aromatic heterocycles. The summed E-state index contributed by atoms with van der Waals surface area (Å²) in [5.74, 6) is -0.373. The second-order valence-corrected chi connectivity index (χ2v) is 7.37. The minimum Gasteiger partial charge on any atom is -0.457 e. The molecule has 10 heteroatoms. The van der Waals surface area contributed by atoms with Crippen molar-refractivity contribution in [3.05, 3.63) is 80.5 Å². The van der Waals surface area contributed by atoms with E-state index in [1.165, 1.54) is 6.07 Å². The normalized spacial score (nSPS) is 11.8. The molecule has 3 rings (SSSR count). The number of hydrogen-bond acceptors (Lipinski definition) is 3. The first-order valence-corrected chi connectivity index (χ1v) is 9.57. The molecule has 0 atom stereocenters. The van der Waals surface area contributed by atoms with E-state index in [2.05, 4.69) is 5.32 Å². The molecule has 1 heterocycles. The summed E-state index contributed by atoms with van der Waals surface area (Å²) in [6.45, 7) is 0. The van der Waals surface area contributed by atoms with Crippen LogP contribution >= 0.6 is 34.8 Å². The van der Waals surface area contributed by atoms with Crippen molar-refractivity contribution in [2.45, 2.75) is 6.18 Å². The van der Waals surface area contributed by atoms with Gasteiger partial charge in [0.15, 0.2) is 0 Å². The lowest BCUT2D eigenvalue weighted by molar-refractivity contribution is -0.137. The number of carbonyl (C=O) groups is 1. The standard InChI is InChI=1S/C21H10Cl3F3N2O2/c22-15-4-1-11(8-17(15)24)19-6-3-14(31-19)7-12(10-28)20(30)29-18-9-13(21(25,26)27)2-5-16(18)23/h1-9H,(H,29,30)/b12-7+. The van der Waals surface area contributed by atoms with Gasteiger partial charge in [-0.2, -0.15) is 18.4 Å². The highest BCUT2D eigenvalue weighted by atomic mass is 35.5. The van der Waals surface area contributed by atoms with E-state index in [0.717, 1.165) is 18.2 Å². The van der Waals surface area contributed by atoms with E-state index in [0.29, 0.717) is 27.4 Å². The van der Waals surface area contributed by atoms with Gasteiger partial charge in [-0.15, -0.1) is 0 Å². The van der Waals surface area contributed by atoms with Crippen LogP contribution < -0.4 is 5.32 Å². The largest absolute Gasteiger partial charge is 0.457 e. The van der Waals surface area contributed by atoms with Crippen LogP contribution in [0.3, 0.4) is 0 Å². The average Bonchev–Trinajstić information content (AvgIpc) is 3.17. The fourth-order valence-electron chi connectivity index (χ4n) is 2.51. The van der Waals surface area contributed by atoms with Gasteiger partial charge in [0, 0.05) is 11.6 Å². The quantitative estimate of drug-likeness (QED) is 0.308. The molecular formula is C21H10Cl3F3N2O2. The Morgan fingerprint density at radius 2 is 1.71 bits per heavy atom. The predicted molar refractivity (Wildman–Crippen MR) is 113 cm³/mol. The number of hydrogen-bond donors (Lipinski definition) is 1. The predicted octanol–water partition coefficient (Wildman–Crippen LogP) is 7.47. The Labute approximate surface area is 189 Å². The SMILES string of the molecule is N#C/C(=C\c1ccc(-c2ccc(Cl)c(Cl)c2)o1)C(=O)Nc1cc(C(F)(F)F)ccc1Cl. The summed E-state index contributed by atoms with van der Waals surface area (Å²) in [5, 5.41) is 12.1. The first-order valence-electron chi connectivity index (χ1n) is 8.43. The zero-order valence-corrected chi connectivity index (χ0v) is 17.5. The molecule has 0 saturated heterocycles. The van der Waals surface area contributed by atoms with Gasteiger partial charge in [-0.05, 0) is 48.5 Å². The number of amides is 1. The van der Waals surface area contributed by atoms with Crippen LogP contribution in [0.15, 0.2) is 58.5 Å². The third-order valence-corrected chi connectivity index (χ3v) is 5.09. The van der Waals surface area contributed by atoms with Crippen molar-refractivity contribution in [1.82, 2.24) is 0 Å². The van der Waals surface area contributed by atoms with E-state index in [1.807, 2.05) is 0 Å². The van der Waals surface area contributed by atoms with E-state index in [4.69, 9.17) is 39.2 Å². The Morgan fingerprint density at radius 1 is 1.00 bits per heavy atom. The third-order valence-electron chi connectivity index (χ3n) is 4.02. The van der Waals surface area contributed by atoms with Gasteiger partial charge in [0.05, 0.1) is 26.3 Å². The number of nitrogens with one attached hydrogen (secondary N) is 1. The first-order chi connectivity index (χ1) is 14.6. The molecule has 0 bridgehead atoms. The summed E-state index contributed by atoms with van der Waals surface area (Å²) < 4.78 is 44.3.